The normalized spacial score (nSPS) is 11.3. The Balaban J connectivity index is 1.93. The van der Waals surface area contributed by atoms with Crippen molar-refractivity contribution in [1.29, 1.82) is 0 Å². The molecule has 3 rings (SSSR count). The summed E-state index contributed by atoms with van der Waals surface area (Å²) in [4.78, 5) is 38.8. The second-order valence-electron chi connectivity index (χ2n) is 6.15. The van der Waals surface area contributed by atoms with E-state index in [2.05, 4.69) is 15.5 Å². The molecule has 0 unspecified atom stereocenters. The molecule has 0 atom stereocenters. The maximum Gasteiger partial charge on any atom is 0.331 e. The highest BCUT2D eigenvalue weighted by Crippen LogP contribution is 2.15. The van der Waals surface area contributed by atoms with Gasteiger partial charge in [0, 0.05) is 0 Å². The molecule has 1 amide bonds. The lowest BCUT2D eigenvalue weighted by Gasteiger charge is -2.11. The van der Waals surface area contributed by atoms with Gasteiger partial charge in [0.25, 0.3) is 11.5 Å². The predicted molar refractivity (Wildman–Crippen MR) is 110 cm³/mol. The molecule has 3 N–H and O–H groups in total. The van der Waals surface area contributed by atoms with Gasteiger partial charge in [-0.1, -0.05) is 54.1 Å². The minimum Gasteiger partial charge on any atom is -0.494 e. The minimum atomic E-state index is -0.815. The number of nitrogens with one attached hydrogen (secondary N) is 2. The molecular formula is C20H17ClN4O4. The Morgan fingerprint density at radius 3 is 2.48 bits per heavy atom. The first-order valence-electron chi connectivity index (χ1n) is 8.58. The van der Waals surface area contributed by atoms with Crippen LogP contribution in [0.1, 0.15) is 28.4 Å². The van der Waals surface area contributed by atoms with E-state index < -0.39 is 23.0 Å². The molecule has 0 bridgehead atoms. The number of benzene rings is 2. The first-order chi connectivity index (χ1) is 13.9. The van der Waals surface area contributed by atoms with E-state index in [4.69, 9.17) is 11.6 Å². The minimum absolute atomic E-state index is 0.0194. The van der Waals surface area contributed by atoms with Gasteiger partial charge in [0.1, 0.15) is 5.56 Å². The topological polar surface area (TPSA) is 117 Å². The summed E-state index contributed by atoms with van der Waals surface area (Å²) in [5.41, 5.74) is 1.48. The smallest absolute Gasteiger partial charge is 0.331 e. The number of H-pyrrole nitrogens is 1. The van der Waals surface area contributed by atoms with Gasteiger partial charge >= 0.3 is 5.69 Å². The van der Waals surface area contributed by atoms with E-state index in [0.29, 0.717) is 0 Å². The molecule has 29 heavy (non-hydrogen) atoms. The summed E-state index contributed by atoms with van der Waals surface area (Å²) < 4.78 is 1.01. The largest absolute Gasteiger partial charge is 0.494 e. The number of halogens is 1. The van der Waals surface area contributed by atoms with Gasteiger partial charge in [0.15, 0.2) is 0 Å². The monoisotopic (exact) mass is 412 g/mol. The van der Waals surface area contributed by atoms with Gasteiger partial charge in [0.05, 0.1) is 22.8 Å². The number of nitrogens with zero attached hydrogens (tertiary/aromatic N) is 2. The number of amides is 1. The Bertz CT molecular complexity index is 1200. The molecule has 0 aliphatic carbocycles. The van der Waals surface area contributed by atoms with Crippen molar-refractivity contribution < 1.29 is 9.90 Å². The molecule has 0 radical (unpaired) electrons. The van der Waals surface area contributed by atoms with Crippen LogP contribution in [0.2, 0.25) is 5.02 Å². The molecule has 1 heterocycles. The predicted octanol–water partition coefficient (Wildman–Crippen LogP) is 2.10. The highest BCUT2D eigenvalue weighted by molar-refractivity contribution is 6.33. The van der Waals surface area contributed by atoms with E-state index in [1.54, 1.807) is 42.5 Å². The van der Waals surface area contributed by atoms with E-state index >= 15 is 0 Å². The molecule has 2 aromatic carbocycles. The summed E-state index contributed by atoms with van der Waals surface area (Å²) >= 11 is 5.97. The Morgan fingerprint density at radius 1 is 1.14 bits per heavy atom. The molecule has 3 aromatic rings. The van der Waals surface area contributed by atoms with Gasteiger partial charge in [-0.2, -0.15) is 5.10 Å². The van der Waals surface area contributed by atoms with Crippen LogP contribution in [-0.4, -0.2) is 26.3 Å². The molecule has 1 aromatic heterocycles. The zero-order valence-corrected chi connectivity index (χ0v) is 16.1. The van der Waals surface area contributed by atoms with Gasteiger partial charge in [-0.05, 0) is 24.6 Å². The van der Waals surface area contributed by atoms with E-state index in [1.807, 2.05) is 6.07 Å². The number of hydrogen-bond donors (Lipinski definition) is 3. The number of rotatable bonds is 5. The van der Waals surface area contributed by atoms with Crippen LogP contribution in [0.3, 0.4) is 0 Å². The van der Waals surface area contributed by atoms with Gasteiger partial charge in [-0.25, -0.2) is 10.2 Å². The lowest BCUT2D eigenvalue weighted by Crippen LogP contribution is -2.34. The molecular weight excluding hydrogens is 396 g/mol. The van der Waals surface area contributed by atoms with E-state index in [0.717, 1.165) is 10.1 Å². The maximum absolute atomic E-state index is 12.2. The zero-order chi connectivity index (χ0) is 21.0. The summed E-state index contributed by atoms with van der Waals surface area (Å²) in [5.74, 6) is -1.13. The second kappa shape index (κ2) is 8.57. The lowest BCUT2D eigenvalue weighted by molar-refractivity contribution is 0.0955. The second-order valence-corrected chi connectivity index (χ2v) is 6.55. The van der Waals surface area contributed by atoms with Crippen LogP contribution in [-0.2, 0) is 6.54 Å². The number of carbonyl (C=O) groups is 1. The highest BCUT2D eigenvalue weighted by atomic mass is 35.5. The average Bonchev–Trinajstić information content (AvgIpc) is 2.70. The van der Waals surface area contributed by atoms with E-state index in [-0.39, 0.29) is 28.4 Å². The molecule has 0 saturated carbocycles. The maximum atomic E-state index is 12.2. The van der Waals surface area contributed by atoms with Crippen molar-refractivity contribution in [2.24, 2.45) is 5.10 Å². The molecule has 148 valence electrons. The fourth-order valence-electron chi connectivity index (χ4n) is 2.69. The van der Waals surface area contributed by atoms with Gasteiger partial charge in [-0.15, -0.1) is 0 Å². The fourth-order valence-corrected chi connectivity index (χ4v) is 2.92. The van der Waals surface area contributed by atoms with Crippen molar-refractivity contribution in [1.82, 2.24) is 15.0 Å². The van der Waals surface area contributed by atoms with Crippen LogP contribution in [0.4, 0.5) is 0 Å². The van der Waals surface area contributed by atoms with Crippen LogP contribution in [0, 0.1) is 0 Å². The van der Waals surface area contributed by atoms with Gasteiger partial charge in [0.2, 0.25) is 5.88 Å². The highest BCUT2D eigenvalue weighted by Gasteiger charge is 2.18. The van der Waals surface area contributed by atoms with Crippen LogP contribution in [0.25, 0.3) is 0 Å². The third-order valence-corrected chi connectivity index (χ3v) is 4.49. The first-order valence-corrected chi connectivity index (χ1v) is 8.96. The average molecular weight is 413 g/mol. The zero-order valence-electron chi connectivity index (χ0n) is 15.3. The fraction of sp³-hybridized carbons (Fsp3) is 0.100. The molecule has 8 nitrogen and oxygen atoms in total. The number of carbonyl (C=O) groups excluding carboxylic acids is 1. The third-order valence-electron chi connectivity index (χ3n) is 4.16. The van der Waals surface area contributed by atoms with Crippen molar-refractivity contribution in [3.05, 3.63) is 97.1 Å². The summed E-state index contributed by atoms with van der Waals surface area (Å²) in [6.45, 7) is 1.48. The van der Waals surface area contributed by atoms with Crippen LogP contribution >= 0.6 is 11.6 Å². The standard InChI is InChI=1S/C20H17ClN4O4/c1-12(23-24-17(26)14-9-5-6-10-15(14)21)16-18(27)22-20(29)25(19(16)28)11-13-7-3-2-4-8-13/h2-10,28H,11H2,1H3,(H,24,26)(H,22,27,29). The Hall–Kier alpha value is -3.65. The van der Waals surface area contributed by atoms with Crippen molar-refractivity contribution in [3.63, 3.8) is 0 Å². The molecule has 9 heteroatoms. The Morgan fingerprint density at radius 2 is 1.79 bits per heavy atom. The lowest BCUT2D eigenvalue weighted by atomic mass is 10.2. The third kappa shape index (κ3) is 4.44. The van der Waals surface area contributed by atoms with Gasteiger partial charge in [-0.3, -0.25) is 19.1 Å². The quantitative estimate of drug-likeness (QED) is 0.439. The summed E-state index contributed by atoms with van der Waals surface area (Å²) in [6, 6.07) is 15.4. The van der Waals surface area contributed by atoms with Gasteiger partial charge < -0.3 is 5.11 Å². The summed E-state index contributed by atoms with van der Waals surface area (Å²) in [7, 11) is 0. The SMILES string of the molecule is CC(=NNC(=O)c1ccccc1Cl)c1c(O)n(Cc2ccccc2)c(=O)[nH]c1=O. The van der Waals surface area contributed by atoms with Crippen LogP contribution in [0.15, 0.2) is 69.3 Å². The van der Waals surface area contributed by atoms with Crippen molar-refractivity contribution in [2.45, 2.75) is 13.5 Å². The summed E-state index contributed by atoms with van der Waals surface area (Å²) in [5, 5.41) is 14.7. The molecule has 0 fully saturated rings. The van der Waals surface area contributed by atoms with E-state index in [1.165, 1.54) is 13.0 Å². The number of hydrogen-bond acceptors (Lipinski definition) is 5. The Kier molecular flexibility index (Phi) is 5.94. The van der Waals surface area contributed by atoms with Crippen molar-refractivity contribution in [3.8, 4) is 5.88 Å². The molecule has 0 aliphatic rings. The first kappa shape index (κ1) is 20.1. The number of aromatic amines is 1. The van der Waals surface area contributed by atoms with Crippen molar-refractivity contribution in [2.75, 3.05) is 0 Å². The van der Waals surface area contributed by atoms with Crippen LogP contribution in [0.5, 0.6) is 5.88 Å². The number of hydrazone groups is 1. The number of aromatic hydroxyl groups is 1. The molecule has 0 saturated heterocycles. The molecule has 0 aliphatic heterocycles. The van der Waals surface area contributed by atoms with E-state index in [9.17, 15) is 19.5 Å². The summed E-state index contributed by atoms with van der Waals surface area (Å²) in [6.07, 6.45) is 0. The Labute approximate surface area is 170 Å². The van der Waals surface area contributed by atoms with Crippen molar-refractivity contribution >= 4 is 23.2 Å². The molecule has 0 spiro atoms. The number of aromatic nitrogens is 2. The van der Waals surface area contributed by atoms with Crippen LogP contribution < -0.4 is 16.7 Å².